The Morgan fingerprint density at radius 2 is 1.73 bits per heavy atom. The van der Waals surface area contributed by atoms with Gasteiger partial charge in [-0.25, -0.2) is 4.98 Å². The molecule has 1 aliphatic heterocycles. The highest BCUT2D eigenvalue weighted by molar-refractivity contribution is 6.31. The minimum atomic E-state index is -0.179. The Hall–Kier alpha value is -2.67. The number of halogens is 1. The van der Waals surface area contributed by atoms with Gasteiger partial charge in [-0.15, -0.1) is 0 Å². The highest BCUT2D eigenvalue weighted by atomic mass is 35.5. The molecule has 2 amide bonds. The molecule has 7 nitrogen and oxygen atoms in total. The van der Waals surface area contributed by atoms with Crippen LogP contribution in [0, 0.1) is 6.92 Å². The Morgan fingerprint density at radius 1 is 1.08 bits per heavy atom. The summed E-state index contributed by atoms with van der Waals surface area (Å²) in [5.41, 5.74) is 1.58. The summed E-state index contributed by atoms with van der Waals surface area (Å²) in [4.78, 5) is 36.6. The van der Waals surface area contributed by atoms with Crippen LogP contribution >= 0.6 is 11.6 Å². The standard InChI is InChI=1S/C18H19ClN4O3/c1-12-9-16(26-2)13(10-14(12)19)17(24)22-5-7-23(8-6-22)18(25)15-11-20-3-4-21-15/h3-4,9-11H,5-8H2,1-2H3. The fourth-order valence-electron chi connectivity index (χ4n) is 2.85. The molecule has 8 heteroatoms. The normalized spacial score (nSPS) is 14.3. The lowest BCUT2D eigenvalue weighted by Crippen LogP contribution is -2.50. The second-order valence-corrected chi connectivity index (χ2v) is 6.38. The topological polar surface area (TPSA) is 75.6 Å². The number of carbonyl (C=O) groups is 2. The third kappa shape index (κ3) is 3.62. The van der Waals surface area contributed by atoms with Crippen molar-refractivity contribution < 1.29 is 14.3 Å². The van der Waals surface area contributed by atoms with Gasteiger partial charge in [-0.1, -0.05) is 11.6 Å². The van der Waals surface area contributed by atoms with Crippen LogP contribution in [0.5, 0.6) is 5.75 Å². The molecule has 0 aliphatic carbocycles. The van der Waals surface area contributed by atoms with Crippen molar-refractivity contribution in [2.24, 2.45) is 0 Å². The van der Waals surface area contributed by atoms with E-state index in [1.165, 1.54) is 25.7 Å². The van der Waals surface area contributed by atoms with Crippen molar-refractivity contribution in [3.05, 3.63) is 52.6 Å². The van der Waals surface area contributed by atoms with E-state index in [2.05, 4.69) is 9.97 Å². The van der Waals surface area contributed by atoms with Crippen LogP contribution in [-0.2, 0) is 0 Å². The Labute approximate surface area is 156 Å². The molecule has 1 saturated heterocycles. The lowest BCUT2D eigenvalue weighted by molar-refractivity contribution is 0.0530. The molecule has 0 bridgehead atoms. The summed E-state index contributed by atoms with van der Waals surface area (Å²) < 4.78 is 5.32. The minimum absolute atomic E-state index is 0.157. The van der Waals surface area contributed by atoms with Crippen LogP contribution in [0.4, 0.5) is 0 Å². The van der Waals surface area contributed by atoms with Gasteiger partial charge in [0.25, 0.3) is 11.8 Å². The zero-order valence-electron chi connectivity index (χ0n) is 14.6. The number of benzene rings is 1. The molecule has 2 heterocycles. The number of nitrogens with zero attached hydrogens (tertiary/aromatic N) is 4. The number of aryl methyl sites for hydroxylation is 1. The third-order valence-electron chi connectivity index (χ3n) is 4.35. The summed E-state index contributed by atoms with van der Waals surface area (Å²) in [5, 5.41) is 0.519. The van der Waals surface area contributed by atoms with E-state index in [1.54, 1.807) is 21.9 Å². The Bertz CT molecular complexity index is 821. The van der Waals surface area contributed by atoms with E-state index in [0.717, 1.165) is 5.56 Å². The summed E-state index contributed by atoms with van der Waals surface area (Å²) in [6.07, 6.45) is 4.45. The van der Waals surface area contributed by atoms with E-state index in [9.17, 15) is 9.59 Å². The van der Waals surface area contributed by atoms with E-state index in [-0.39, 0.29) is 11.8 Å². The van der Waals surface area contributed by atoms with E-state index >= 15 is 0 Å². The number of piperazine rings is 1. The molecule has 0 N–H and O–H groups in total. The van der Waals surface area contributed by atoms with Crippen LogP contribution in [0.2, 0.25) is 5.02 Å². The molecular formula is C18H19ClN4O3. The molecule has 136 valence electrons. The number of carbonyl (C=O) groups excluding carboxylic acids is 2. The maximum absolute atomic E-state index is 12.9. The van der Waals surface area contributed by atoms with Crippen molar-refractivity contribution in [2.75, 3.05) is 33.3 Å². The summed E-state index contributed by atoms with van der Waals surface area (Å²) in [7, 11) is 1.52. The number of hydrogen-bond acceptors (Lipinski definition) is 5. The molecule has 26 heavy (non-hydrogen) atoms. The van der Waals surface area contributed by atoms with Crippen LogP contribution < -0.4 is 4.74 Å². The predicted octanol–water partition coefficient (Wildman–Crippen LogP) is 2.05. The van der Waals surface area contributed by atoms with Crippen molar-refractivity contribution >= 4 is 23.4 Å². The van der Waals surface area contributed by atoms with Crippen molar-refractivity contribution in [2.45, 2.75) is 6.92 Å². The molecule has 1 fully saturated rings. The highest BCUT2D eigenvalue weighted by Crippen LogP contribution is 2.28. The van der Waals surface area contributed by atoms with Crippen molar-refractivity contribution in [1.29, 1.82) is 0 Å². The first-order valence-corrected chi connectivity index (χ1v) is 8.57. The molecule has 1 aromatic carbocycles. The average molecular weight is 375 g/mol. The molecule has 2 aromatic rings. The van der Waals surface area contributed by atoms with Crippen LogP contribution in [0.15, 0.2) is 30.7 Å². The first-order valence-electron chi connectivity index (χ1n) is 8.20. The zero-order chi connectivity index (χ0) is 18.7. The van der Waals surface area contributed by atoms with Gasteiger partial charge in [0.1, 0.15) is 11.4 Å². The molecular weight excluding hydrogens is 356 g/mol. The lowest BCUT2D eigenvalue weighted by atomic mass is 10.1. The van der Waals surface area contributed by atoms with Crippen LogP contribution in [0.25, 0.3) is 0 Å². The van der Waals surface area contributed by atoms with E-state index in [0.29, 0.717) is 48.2 Å². The zero-order valence-corrected chi connectivity index (χ0v) is 15.4. The number of amides is 2. The van der Waals surface area contributed by atoms with Gasteiger partial charge in [0, 0.05) is 43.6 Å². The van der Waals surface area contributed by atoms with Crippen molar-refractivity contribution in [3.63, 3.8) is 0 Å². The van der Waals surface area contributed by atoms with Gasteiger partial charge in [-0.3, -0.25) is 14.6 Å². The molecule has 1 aromatic heterocycles. The first-order chi connectivity index (χ1) is 12.5. The van der Waals surface area contributed by atoms with Gasteiger partial charge in [-0.2, -0.15) is 0 Å². The number of aromatic nitrogens is 2. The van der Waals surface area contributed by atoms with Gasteiger partial charge < -0.3 is 14.5 Å². The maximum Gasteiger partial charge on any atom is 0.274 e. The monoisotopic (exact) mass is 374 g/mol. The van der Waals surface area contributed by atoms with Gasteiger partial charge in [0.2, 0.25) is 0 Å². The molecule has 0 atom stereocenters. The molecule has 0 unspecified atom stereocenters. The Balaban J connectivity index is 1.69. The fourth-order valence-corrected chi connectivity index (χ4v) is 3.01. The van der Waals surface area contributed by atoms with Gasteiger partial charge >= 0.3 is 0 Å². The van der Waals surface area contributed by atoms with Gasteiger partial charge in [0.05, 0.1) is 18.9 Å². The maximum atomic E-state index is 12.9. The van der Waals surface area contributed by atoms with Gasteiger partial charge in [-0.05, 0) is 24.6 Å². The number of methoxy groups -OCH3 is 1. The van der Waals surface area contributed by atoms with Crippen molar-refractivity contribution in [1.82, 2.24) is 19.8 Å². The summed E-state index contributed by atoms with van der Waals surface area (Å²) in [6, 6.07) is 3.39. The molecule has 0 radical (unpaired) electrons. The first kappa shape index (κ1) is 18.1. The smallest absolute Gasteiger partial charge is 0.274 e. The van der Waals surface area contributed by atoms with Crippen LogP contribution in [0.3, 0.4) is 0 Å². The second kappa shape index (κ2) is 7.70. The largest absolute Gasteiger partial charge is 0.496 e. The van der Waals surface area contributed by atoms with Crippen LogP contribution in [-0.4, -0.2) is 64.9 Å². The number of rotatable bonds is 3. The minimum Gasteiger partial charge on any atom is -0.496 e. The van der Waals surface area contributed by atoms with Crippen LogP contribution in [0.1, 0.15) is 26.4 Å². The Morgan fingerprint density at radius 3 is 2.31 bits per heavy atom. The molecule has 0 saturated carbocycles. The van der Waals surface area contributed by atoms with E-state index < -0.39 is 0 Å². The highest BCUT2D eigenvalue weighted by Gasteiger charge is 2.27. The lowest BCUT2D eigenvalue weighted by Gasteiger charge is -2.34. The SMILES string of the molecule is COc1cc(C)c(Cl)cc1C(=O)N1CCN(C(=O)c2cnccn2)CC1. The average Bonchev–Trinajstić information content (AvgIpc) is 2.69. The fraction of sp³-hybridized carbons (Fsp3) is 0.333. The van der Waals surface area contributed by atoms with E-state index in [1.807, 2.05) is 6.92 Å². The second-order valence-electron chi connectivity index (χ2n) is 5.98. The Kier molecular flexibility index (Phi) is 5.37. The summed E-state index contributed by atoms with van der Waals surface area (Å²) in [5.74, 6) is 0.159. The molecule has 1 aliphatic rings. The third-order valence-corrected chi connectivity index (χ3v) is 4.75. The number of ether oxygens (including phenoxy) is 1. The molecule has 3 rings (SSSR count). The quantitative estimate of drug-likeness (QED) is 0.821. The molecule has 0 spiro atoms. The van der Waals surface area contributed by atoms with E-state index in [4.69, 9.17) is 16.3 Å². The predicted molar refractivity (Wildman–Crippen MR) is 96.6 cm³/mol. The number of hydrogen-bond donors (Lipinski definition) is 0. The van der Waals surface area contributed by atoms with Gasteiger partial charge in [0.15, 0.2) is 0 Å². The summed E-state index contributed by atoms with van der Waals surface area (Å²) in [6.45, 7) is 3.58. The summed E-state index contributed by atoms with van der Waals surface area (Å²) >= 11 is 6.17. The van der Waals surface area contributed by atoms with Crippen molar-refractivity contribution in [3.8, 4) is 5.75 Å².